The van der Waals surface area contributed by atoms with Crippen molar-refractivity contribution in [3.05, 3.63) is 54.6 Å². The lowest BCUT2D eigenvalue weighted by Crippen LogP contribution is -2.18. The molecule has 3 rings (SSSR count). The molecule has 1 unspecified atom stereocenters. The first-order valence-corrected chi connectivity index (χ1v) is 7.32. The SMILES string of the molecule is COC(=O)CC(C)Oc1cccc2cc3ccccc3cc12. The zero-order valence-corrected chi connectivity index (χ0v) is 12.7. The Hall–Kier alpha value is -2.55. The summed E-state index contributed by atoms with van der Waals surface area (Å²) in [5.74, 6) is 0.526. The molecule has 0 amide bonds. The first-order valence-electron chi connectivity index (χ1n) is 7.32. The Morgan fingerprint density at radius 2 is 1.68 bits per heavy atom. The molecule has 1 atom stereocenters. The van der Waals surface area contributed by atoms with E-state index < -0.39 is 0 Å². The monoisotopic (exact) mass is 294 g/mol. The molecule has 0 aliphatic rings. The largest absolute Gasteiger partial charge is 0.489 e. The molecule has 0 aliphatic heterocycles. The van der Waals surface area contributed by atoms with Crippen LogP contribution in [0.5, 0.6) is 5.75 Å². The Bertz CT molecular complexity index is 823. The molecule has 0 fully saturated rings. The van der Waals surface area contributed by atoms with E-state index in [4.69, 9.17) is 4.74 Å². The van der Waals surface area contributed by atoms with E-state index in [1.165, 1.54) is 17.9 Å². The van der Waals surface area contributed by atoms with Crippen LogP contribution in [0.15, 0.2) is 54.6 Å². The average molecular weight is 294 g/mol. The molecule has 0 saturated carbocycles. The van der Waals surface area contributed by atoms with Gasteiger partial charge in [-0.2, -0.15) is 0 Å². The Labute approximate surface area is 129 Å². The predicted molar refractivity (Wildman–Crippen MR) is 88.2 cm³/mol. The Morgan fingerprint density at radius 3 is 2.41 bits per heavy atom. The van der Waals surface area contributed by atoms with Gasteiger partial charge in [0.05, 0.1) is 13.5 Å². The normalized spacial score (nSPS) is 12.3. The highest BCUT2D eigenvalue weighted by molar-refractivity contribution is 6.00. The summed E-state index contributed by atoms with van der Waals surface area (Å²) in [6, 6.07) is 18.5. The number of rotatable bonds is 4. The van der Waals surface area contributed by atoms with Gasteiger partial charge in [0.15, 0.2) is 0 Å². The molecule has 0 N–H and O–H groups in total. The molecule has 0 saturated heterocycles. The third-order valence-electron chi connectivity index (χ3n) is 3.72. The number of ether oxygens (including phenoxy) is 2. The summed E-state index contributed by atoms with van der Waals surface area (Å²) in [5, 5.41) is 4.56. The van der Waals surface area contributed by atoms with Crippen LogP contribution in [-0.4, -0.2) is 19.2 Å². The van der Waals surface area contributed by atoms with E-state index in [-0.39, 0.29) is 18.5 Å². The van der Waals surface area contributed by atoms with Gasteiger partial charge in [-0.3, -0.25) is 4.79 Å². The minimum atomic E-state index is -0.266. The number of methoxy groups -OCH3 is 1. The van der Waals surface area contributed by atoms with Gasteiger partial charge in [-0.1, -0.05) is 36.4 Å². The fourth-order valence-electron chi connectivity index (χ4n) is 2.62. The summed E-state index contributed by atoms with van der Waals surface area (Å²) in [5.41, 5.74) is 0. The van der Waals surface area contributed by atoms with Crippen molar-refractivity contribution in [2.75, 3.05) is 7.11 Å². The summed E-state index contributed by atoms with van der Waals surface area (Å²) >= 11 is 0. The van der Waals surface area contributed by atoms with Crippen molar-refractivity contribution in [1.29, 1.82) is 0 Å². The van der Waals surface area contributed by atoms with Gasteiger partial charge in [0.2, 0.25) is 0 Å². The molecule has 3 aromatic carbocycles. The molecule has 0 heterocycles. The molecule has 3 heteroatoms. The maximum atomic E-state index is 11.3. The highest BCUT2D eigenvalue weighted by Gasteiger charge is 2.12. The second-order valence-corrected chi connectivity index (χ2v) is 5.39. The highest BCUT2D eigenvalue weighted by Crippen LogP contribution is 2.30. The lowest BCUT2D eigenvalue weighted by Gasteiger charge is -2.15. The van der Waals surface area contributed by atoms with Crippen LogP contribution in [0.4, 0.5) is 0 Å². The van der Waals surface area contributed by atoms with Crippen molar-refractivity contribution in [3.63, 3.8) is 0 Å². The van der Waals surface area contributed by atoms with Crippen LogP contribution < -0.4 is 4.74 Å². The number of carbonyl (C=O) groups excluding carboxylic acids is 1. The molecule has 0 spiro atoms. The Morgan fingerprint density at radius 1 is 1.00 bits per heavy atom. The smallest absolute Gasteiger partial charge is 0.309 e. The van der Waals surface area contributed by atoms with Crippen LogP contribution in [0.1, 0.15) is 13.3 Å². The first kappa shape index (κ1) is 14.4. The van der Waals surface area contributed by atoms with Crippen LogP contribution in [0.2, 0.25) is 0 Å². The molecule has 3 nitrogen and oxygen atoms in total. The summed E-state index contributed by atoms with van der Waals surface area (Å²) < 4.78 is 10.6. The van der Waals surface area contributed by atoms with Gasteiger partial charge >= 0.3 is 5.97 Å². The van der Waals surface area contributed by atoms with E-state index in [9.17, 15) is 4.79 Å². The standard InChI is InChI=1S/C19H18O3/c1-13(10-19(20)21-2)22-18-9-5-8-16-11-14-6-3-4-7-15(14)12-17(16)18/h3-9,11-13H,10H2,1-2H3. The summed E-state index contributed by atoms with van der Waals surface area (Å²) in [7, 11) is 1.39. The fraction of sp³-hybridized carbons (Fsp3) is 0.211. The van der Waals surface area contributed by atoms with Gasteiger partial charge in [-0.05, 0) is 41.3 Å². The van der Waals surface area contributed by atoms with Gasteiger partial charge in [0.25, 0.3) is 0 Å². The van der Waals surface area contributed by atoms with Crippen LogP contribution in [0.25, 0.3) is 21.5 Å². The van der Waals surface area contributed by atoms with Crippen molar-refractivity contribution >= 4 is 27.5 Å². The van der Waals surface area contributed by atoms with E-state index in [0.717, 1.165) is 16.5 Å². The zero-order chi connectivity index (χ0) is 15.5. The summed E-state index contributed by atoms with van der Waals surface area (Å²) in [6.07, 6.45) is 0.00465. The molecule has 112 valence electrons. The number of carbonyl (C=O) groups is 1. The number of hydrogen-bond acceptors (Lipinski definition) is 3. The van der Waals surface area contributed by atoms with E-state index in [1.807, 2.05) is 31.2 Å². The van der Waals surface area contributed by atoms with E-state index in [1.54, 1.807) is 0 Å². The van der Waals surface area contributed by atoms with Crippen molar-refractivity contribution < 1.29 is 14.3 Å². The third kappa shape index (κ3) is 2.89. The van der Waals surface area contributed by atoms with Gasteiger partial charge in [0, 0.05) is 5.39 Å². The number of fused-ring (bicyclic) bond motifs is 2. The summed E-state index contributed by atoms with van der Waals surface area (Å²) in [4.78, 5) is 11.3. The third-order valence-corrected chi connectivity index (χ3v) is 3.72. The number of hydrogen-bond donors (Lipinski definition) is 0. The minimum absolute atomic E-state index is 0.232. The molecule has 0 aliphatic carbocycles. The quantitative estimate of drug-likeness (QED) is 0.531. The second-order valence-electron chi connectivity index (χ2n) is 5.39. The van der Waals surface area contributed by atoms with Crippen molar-refractivity contribution in [2.24, 2.45) is 0 Å². The van der Waals surface area contributed by atoms with E-state index >= 15 is 0 Å². The number of benzene rings is 3. The fourth-order valence-corrected chi connectivity index (χ4v) is 2.62. The molecule has 0 bridgehead atoms. The van der Waals surface area contributed by atoms with Crippen LogP contribution >= 0.6 is 0 Å². The van der Waals surface area contributed by atoms with Crippen LogP contribution in [0.3, 0.4) is 0 Å². The van der Waals surface area contributed by atoms with Crippen LogP contribution in [0, 0.1) is 0 Å². The Balaban J connectivity index is 1.99. The first-order chi connectivity index (χ1) is 10.7. The molecule has 0 aromatic heterocycles. The van der Waals surface area contributed by atoms with Gasteiger partial charge in [0.1, 0.15) is 11.9 Å². The van der Waals surface area contributed by atoms with E-state index in [0.29, 0.717) is 0 Å². The molecule has 3 aromatic rings. The van der Waals surface area contributed by atoms with E-state index in [2.05, 4.69) is 35.1 Å². The van der Waals surface area contributed by atoms with Gasteiger partial charge < -0.3 is 9.47 Å². The number of esters is 1. The summed E-state index contributed by atoms with van der Waals surface area (Å²) in [6.45, 7) is 1.87. The Kier molecular flexibility index (Phi) is 3.96. The van der Waals surface area contributed by atoms with Crippen LogP contribution in [-0.2, 0) is 9.53 Å². The zero-order valence-electron chi connectivity index (χ0n) is 12.7. The van der Waals surface area contributed by atoms with Crippen molar-refractivity contribution in [1.82, 2.24) is 0 Å². The highest BCUT2D eigenvalue weighted by atomic mass is 16.5. The molecular weight excluding hydrogens is 276 g/mol. The average Bonchev–Trinajstić information content (AvgIpc) is 2.53. The topological polar surface area (TPSA) is 35.5 Å². The molecule has 22 heavy (non-hydrogen) atoms. The molecule has 0 radical (unpaired) electrons. The lowest BCUT2D eigenvalue weighted by atomic mass is 10.0. The van der Waals surface area contributed by atoms with Crippen molar-refractivity contribution in [3.8, 4) is 5.75 Å². The second kappa shape index (κ2) is 6.06. The lowest BCUT2D eigenvalue weighted by molar-refractivity contribution is -0.142. The maximum absolute atomic E-state index is 11.3. The molecular formula is C19H18O3. The van der Waals surface area contributed by atoms with Crippen molar-refractivity contribution in [2.45, 2.75) is 19.4 Å². The van der Waals surface area contributed by atoms with Gasteiger partial charge in [-0.25, -0.2) is 0 Å². The van der Waals surface area contributed by atoms with Gasteiger partial charge in [-0.15, -0.1) is 0 Å². The predicted octanol–water partition coefficient (Wildman–Crippen LogP) is 4.32. The minimum Gasteiger partial charge on any atom is -0.489 e. The maximum Gasteiger partial charge on any atom is 0.309 e.